The minimum atomic E-state index is -0.330. The minimum Gasteiger partial charge on any atom is -0.493 e. The van der Waals surface area contributed by atoms with E-state index in [0.717, 1.165) is 22.0 Å². The lowest BCUT2D eigenvalue weighted by Gasteiger charge is -2.14. The van der Waals surface area contributed by atoms with E-state index in [0.29, 0.717) is 33.5 Å². The van der Waals surface area contributed by atoms with Gasteiger partial charge in [-0.15, -0.1) is 0 Å². The van der Waals surface area contributed by atoms with Crippen LogP contribution in [0.3, 0.4) is 0 Å². The van der Waals surface area contributed by atoms with Gasteiger partial charge in [0.05, 0.1) is 32.0 Å². The highest BCUT2D eigenvalue weighted by atomic mass is 35.5. The molecule has 0 atom stereocenters. The number of pyridine rings is 1. The summed E-state index contributed by atoms with van der Waals surface area (Å²) >= 11 is 6.50. The van der Waals surface area contributed by atoms with Gasteiger partial charge >= 0.3 is 0 Å². The number of nitrogens with zero attached hydrogens (tertiary/aromatic N) is 1. The summed E-state index contributed by atoms with van der Waals surface area (Å²) < 4.78 is 16.0. The molecule has 32 heavy (non-hydrogen) atoms. The third kappa shape index (κ3) is 4.05. The second-order valence-corrected chi connectivity index (χ2v) is 7.35. The maximum atomic E-state index is 13.0. The van der Waals surface area contributed by atoms with Crippen molar-refractivity contribution in [2.45, 2.75) is 0 Å². The van der Waals surface area contributed by atoms with Crippen molar-refractivity contribution < 1.29 is 19.0 Å². The zero-order chi connectivity index (χ0) is 22.7. The van der Waals surface area contributed by atoms with E-state index in [1.807, 2.05) is 36.4 Å². The molecule has 1 amide bonds. The first-order valence-electron chi connectivity index (χ1n) is 9.80. The molecular formula is C25H21ClN2O4. The van der Waals surface area contributed by atoms with Gasteiger partial charge in [-0.2, -0.15) is 0 Å². The largest absolute Gasteiger partial charge is 0.493 e. The third-order valence-electron chi connectivity index (χ3n) is 5.08. The number of carbonyl (C=O) groups excluding carboxylic acids is 1. The number of carbonyl (C=O) groups is 1. The van der Waals surface area contributed by atoms with Crippen LogP contribution in [0.15, 0.2) is 66.9 Å². The van der Waals surface area contributed by atoms with Gasteiger partial charge in [0.15, 0.2) is 11.5 Å². The normalized spacial score (nSPS) is 10.6. The van der Waals surface area contributed by atoms with Crippen molar-refractivity contribution in [2.75, 3.05) is 26.6 Å². The number of methoxy groups -OCH3 is 3. The summed E-state index contributed by atoms with van der Waals surface area (Å²) in [6, 6.07) is 18.4. The number of ether oxygens (including phenoxy) is 3. The van der Waals surface area contributed by atoms with Crippen molar-refractivity contribution in [3.63, 3.8) is 0 Å². The van der Waals surface area contributed by atoms with Gasteiger partial charge in [0.1, 0.15) is 0 Å². The quantitative estimate of drug-likeness (QED) is 0.401. The van der Waals surface area contributed by atoms with E-state index in [1.54, 1.807) is 30.5 Å². The zero-order valence-corrected chi connectivity index (χ0v) is 18.6. The van der Waals surface area contributed by atoms with Crippen molar-refractivity contribution in [2.24, 2.45) is 0 Å². The van der Waals surface area contributed by atoms with Gasteiger partial charge in [-0.05, 0) is 41.8 Å². The van der Waals surface area contributed by atoms with Gasteiger partial charge in [0.2, 0.25) is 5.75 Å². The average Bonchev–Trinajstić information content (AvgIpc) is 2.83. The molecule has 1 N–H and O–H groups in total. The summed E-state index contributed by atoms with van der Waals surface area (Å²) in [6.45, 7) is 0. The lowest BCUT2D eigenvalue weighted by Crippen LogP contribution is -2.12. The van der Waals surface area contributed by atoms with Crippen LogP contribution < -0.4 is 19.5 Å². The van der Waals surface area contributed by atoms with Crippen LogP contribution in [-0.2, 0) is 0 Å². The fraction of sp³-hybridized carbons (Fsp3) is 0.120. The minimum absolute atomic E-state index is 0.330. The molecule has 0 radical (unpaired) electrons. The van der Waals surface area contributed by atoms with Gasteiger partial charge in [-0.1, -0.05) is 35.9 Å². The summed E-state index contributed by atoms with van der Waals surface area (Å²) in [5.41, 5.74) is 2.42. The Morgan fingerprint density at radius 1 is 0.906 bits per heavy atom. The summed E-state index contributed by atoms with van der Waals surface area (Å²) in [5, 5.41) is 5.48. The highest BCUT2D eigenvalue weighted by molar-refractivity contribution is 6.33. The van der Waals surface area contributed by atoms with E-state index in [2.05, 4.69) is 10.3 Å². The van der Waals surface area contributed by atoms with Crippen LogP contribution in [0.5, 0.6) is 17.2 Å². The standard InChI is InChI=1S/C25H21ClN2O4/c1-30-21-12-16(13-22(31-2)24(21)32-3)25(29)28-17-8-9-20(26)19(14-17)23-18-7-5-4-6-15(18)10-11-27-23/h4-14H,1-3H3,(H,28,29). The van der Waals surface area contributed by atoms with Crippen LogP contribution in [0.2, 0.25) is 5.02 Å². The molecule has 0 fully saturated rings. The van der Waals surface area contributed by atoms with Crippen LogP contribution in [0, 0.1) is 0 Å². The number of hydrogen-bond donors (Lipinski definition) is 1. The van der Waals surface area contributed by atoms with E-state index in [1.165, 1.54) is 21.3 Å². The average molecular weight is 449 g/mol. The zero-order valence-electron chi connectivity index (χ0n) is 17.8. The van der Waals surface area contributed by atoms with E-state index < -0.39 is 0 Å². The maximum absolute atomic E-state index is 13.0. The molecule has 162 valence electrons. The molecule has 0 aliphatic carbocycles. The van der Waals surface area contributed by atoms with Crippen molar-refractivity contribution in [1.82, 2.24) is 4.98 Å². The van der Waals surface area contributed by atoms with Crippen LogP contribution in [-0.4, -0.2) is 32.2 Å². The highest BCUT2D eigenvalue weighted by Crippen LogP contribution is 2.39. The van der Waals surface area contributed by atoms with Crippen LogP contribution in [0.25, 0.3) is 22.0 Å². The number of aromatic nitrogens is 1. The van der Waals surface area contributed by atoms with E-state index >= 15 is 0 Å². The maximum Gasteiger partial charge on any atom is 0.255 e. The molecule has 6 nitrogen and oxygen atoms in total. The molecule has 0 aliphatic rings. The molecule has 4 rings (SSSR count). The number of nitrogens with one attached hydrogen (secondary N) is 1. The smallest absolute Gasteiger partial charge is 0.255 e. The highest BCUT2D eigenvalue weighted by Gasteiger charge is 2.18. The number of amides is 1. The first-order chi connectivity index (χ1) is 15.5. The van der Waals surface area contributed by atoms with E-state index in [-0.39, 0.29) is 5.91 Å². The first kappa shape index (κ1) is 21.5. The second kappa shape index (κ2) is 9.16. The fourth-order valence-corrected chi connectivity index (χ4v) is 3.74. The molecule has 1 heterocycles. The van der Waals surface area contributed by atoms with Crippen molar-refractivity contribution in [1.29, 1.82) is 0 Å². The lowest BCUT2D eigenvalue weighted by molar-refractivity contribution is 0.102. The fourth-order valence-electron chi connectivity index (χ4n) is 3.53. The summed E-state index contributed by atoms with van der Waals surface area (Å²) in [5.74, 6) is 0.883. The topological polar surface area (TPSA) is 69.7 Å². The van der Waals surface area contributed by atoms with Crippen molar-refractivity contribution >= 4 is 34.0 Å². The predicted octanol–water partition coefficient (Wildman–Crippen LogP) is 5.83. The summed E-state index contributed by atoms with van der Waals surface area (Å²) in [7, 11) is 4.51. The Kier molecular flexibility index (Phi) is 6.14. The molecule has 0 saturated carbocycles. The van der Waals surface area contributed by atoms with Gasteiger partial charge < -0.3 is 19.5 Å². The molecule has 7 heteroatoms. The molecule has 3 aromatic carbocycles. The molecular weight excluding hydrogens is 428 g/mol. The summed E-state index contributed by atoms with van der Waals surface area (Å²) in [4.78, 5) is 17.5. The Morgan fingerprint density at radius 2 is 1.62 bits per heavy atom. The molecule has 0 aliphatic heterocycles. The predicted molar refractivity (Wildman–Crippen MR) is 126 cm³/mol. The Hall–Kier alpha value is -3.77. The number of halogens is 1. The molecule has 0 saturated heterocycles. The number of anilines is 1. The number of hydrogen-bond acceptors (Lipinski definition) is 5. The molecule has 4 aromatic rings. The Morgan fingerprint density at radius 3 is 2.31 bits per heavy atom. The Balaban J connectivity index is 1.70. The molecule has 0 unspecified atom stereocenters. The third-order valence-corrected chi connectivity index (χ3v) is 5.41. The SMILES string of the molecule is COc1cc(C(=O)Nc2ccc(Cl)c(-c3nccc4ccccc34)c2)cc(OC)c1OC. The lowest BCUT2D eigenvalue weighted by atomic mass is 10.0. The molecule has 0 bridgehead atoms. The van der Waals surface area contributed by atoms with Crippen molar-refractivity contribution in [3.05, 3.63) is 77.4 Å². The Labute approximate surface area is 190 Å². The van der Waals surface area contributed by atoms with E-state index in [9.17, 15) is 4.79 Å². The van der Waals surface area contributed by atoms with Crippen molar-refractivity contribution in [3.8, 4) is 28.5 Å². The molecule has 0 spiro atoms. The van der Waals surface area contributed by atoms with Gasteiger partial charge in [-0.3, -0.25) is 9.78 Å². The van der Waals surface area contributed by atoms with Gasteiger partial charge in [0, 0.05) is 28.4 Å². The van der Waals surface area contributed by atoms with Gasteiger partial charge in [0.25, 0.3) is 5.91 Å². The van der Waals surface area contributed by atoms with Crippen LogP contribution in [0.1, 0.15) is 10.4 Å². The number of rotatable bonds is 6. The first-order valence-corrected chi connectivity index (χ1v) is 10.2. The number of fused-ring (bicyclic) bond motifs is 1. The van der Waals surface area contributed by atoms with Gasteiger partial charge in [-0.25, -0.2) is 0 Å². The molecule has 1 aromatic heterocycles. The Bertz CT molecular complexity index is 1280. The monoisotopic (exact) mass is 448 g/mol. The number of benzene rings is 3. The van der Waals surface area contributed by atoms with Crippen LogP contribution >= 0.6 is 11.6 Å². The summed E-state index contributed by atoms with van der Waals surface area (Å²) in [6.07, 6.45) is 1.75. The van der Waals surface area contributed by atoms with E-state index in [4.69, 9.17) is 25.8 Å². The van der Waals surface area contributed by atoms with Crippen LogP contribution in [0.4, 0.5) is 5.69 Å². The second-order valence-electron chi connectivity index (χ2n) is 6.94.